The lowest BCUT2D eigenvalue weighted by atomic mass is 9.96. The Morgan fingerprint density at radius 1 is 1.31 bits per heavy atom. The number of rotatable bonds is 9. The molecule has 0 aliphatic rings. The zero-order valence-electron chi connectivity index (χ0n) is 11.5. The van der Waals surface area contributed by atoms with Crippen molar-refractivity contribution in [3.05, 3.63) is 0 Å². The van der Waals surface area contributed by atoms with E-state index in [0.29, 0.717) is 6.04 Å². The quantitative estimate of drug-likeness (QED) is 0.614. The summed E-state index contributed by atoms with van der Waals surface area (Å²) in [6.45, 7) is 11.1. The first kappa shape index (κ1) is 16.3. The third-order valence-corrected chi connectivity index (χ3v) is 4.26. The molecule has 2 N–H and O–H groups in total. The molecular weight excluding hydrogens is 218 g/mol. The maximum atomic E-state index is 9.42. The van der Waals surface area contributed by atoms with Crippen LogP contribution in [0.1, 0.15) is 53.9 Å². The molecule has 2 unspecified atom stereocenters. The van der Waals surface area contributed by atoms with Crippen molar-refractivity contribution >= 4 is 11.8 Å². The largest absolute Gasteiger partial charge is 0.394 e. The van der Waals surface area contributed by atoms with Crippen LogP contribution < -0.4 is 5.32 Å². The molecule has 0 bridgehead atoms. The Balaban J connectivity index is 3.78. The lowest BCUT2D eigenvalue weighted by Crippen LogP contribution is -2.49. The Labute approximate surface area is 106 Å². The number of nitrogens with one attached hydrogen (secondary N) is 1. The van der Waals surface area contributed by atoms with Crippen molar-refractivity contribution in [2.75, 3.05) is 12.4 Å². The van der Waals surface area contributed by atoms with Crippen LogP contribution in [0.5, 0.6) is 0 Å². The molecule has 0 rings (SSSR count). The summed E-state index contributed by atoms with van der Waals surface area (Å²) in [6, 6.07) is 0.430. The third kappa shape index (κ3) is 7.53. The molecule has 0 aromatic heterocycles. The van der Waals surface area contributed by atoms with Gasteiger partial charge in [-0.25, -0.2) is 0 Å². The Kier molecular flexibility index (Phi) is 8.52. The van der Waals surface area contributed by atoms with E-state index in [9.17, 15) is 5.11 Å². The fourth-order valence-electron chi connectivity index (χ4n) is 1.76. The van der Waals surface area contributed by atoms with Crippen LogP contribution in [0.25, 0.3) is 0 Å². The molecule has 2 atom stereocenters. The lowest BCUT2D eigenvalue weighted by molar-refractivity contribution is 0.156. The van der Waals surface area contributed by atoms with Crippen LogP contribution in [0.2, 0.25) is 0 Å². The van der Waals surface area contributed by atoms with Crippen molar-refractivity contribution < 1.29 is 5.11 Å². The SMILES string of the molecule is CCC(C)SCCCC(C)(CO)NC(C)C. The summed E-state index contributed by atoms with van der Waals surface area (Å²) in [5.41, 5.74) is -0.107. The van der Waals surface area contributed by atoms with E-state index in [4.69, 9.17) is 0 Å². The second-order valence-electron chi connectivity index (χ2n) is 5.21. The molecular formula is C13H29NOS. The first-order valence-electron chi connectivity index (χ1n) is 6.43. The minimum Gasteiger partial charge on any atom is -0.394 e. The molecule has 0 saturated heterocycles. The Bertz CT molecular complexity index is 175. The van der Waals surface area contributed by atoms with Gasteiger partial charge in [0.05, 0.1) is 6.61 Å². The molecule has 0 heterocycles. The van der Waals surface area contributed by atoms with Gasteiger partial charge in [0.2, 0.25) is 0 Å². The molecule has 0 radical (unpaired) electrons. The average Bonchev–Trinajstić information content (AvgIpc) is 2.23. The van der Waals surface area contributed by atoms with Gasteiger partial charge in [-0.2, -0.15) is 11.8 Å². The minimum absolute atomic E-state index is 0.107. The standard InChI is InChI=1S/C13H29NOS/c1-6-12(4)16-9-7-8-13(5,10-15)14-11(2)3/h11-12,14-15H,6-10H2,1-5H3. The first-order valence-corrected chi connectivity index (χ1v) is 7.48. The molecule has 98 valence electrons. The molecule has 0 aromatic rings. The molecule has 0 saturated carbocycles. The van der Waals surface area contributed by atoms with Crippen LogP contribution in [0, 0.1) is 0 Å². The van der Waals surface area contributed by atoms with Gasteiger partial charge in [-0.3, -0.25) is 0 Å². The van der Waals surface area contributed by atoms with Gasteiger partial charge in [0.25, 0.3) is 0 Å². The number of thioether (sulfide) groups is 1. The van der Waals surface area contributed by atoms with Crippen LogP contribution in [0.3, 0.4) is 0 Å². The highest BCUT2D eigenvalue weighted by Gasteiger charge is 2.23. The highest BCUT2D eigenvalue weighted by molar-refractivity contribution is 7.99. The number of aliphatic hydroxyl groups is 1. The zero-order valence-corrected chi connectivity index (χ0v) is 12.4. The van der Waals surface area contributed by atoms with E-state index in [1.54, 1.807) is 0 Å². The second-order valence-corrected chi connectivity index (χ2v) is 6.76. The normalized spacial score (nSPS) is 17.4. The van der Waals surface area contributed by atoms with Crippen LogP contribution in [-0.4, -0.2) is 34.3 Å². The van der Waals surface area contributed by atoms with Gasteiger partial charge >= 0.3 is 0 Å². The predicted molar refractivity (Wildman–Crippen MR) is 75.2 cm³/mol. The number of hydrogen-bond acceptors (Lipinski definition) is 3. The van der Waals surface area contributed by atoms with Gasteiger partial charge in [0, 0.05) is 16.8 Å². The van der Waals surface area contributed by atoms with Gasteiger partial charge < -0.3 is 10.4 Å². The summed E-state index contributed by atoms with van der Waals surface area (Å²) in [7, 11) is 0. The predicted octanol–water partition coefficient (Wildman–Crippen LogP) is 3.05. The zero-order chi connectivity index (χ0) is 12.6. The van der Waals surface area contributed by atoms with Crippen molar-refractivity contribution in [2.45, 2.75) is 70.7 Å². The van der Waals surface area contributed by atoms with E-state index < -0.39 is 0 Å². The molecule has 0 spiro atoms. The molecule has 0 fully saturated rings. The summed E-state index contributed by atoms with van der Waals surface area (Å²) < 4.78 is 0. The summed E-state index contributed by atoms with van der Waals surface area (Å²) in [5.74, 6) is 1.20. The van der Waals surface area contributed by atoms with E-state index in [1.165, 1.54) is 18.6 Å². The number of hydrogen-bond donors (Lipinski definition) is 2. The van der Waals surface area contributed by atoms with Gasteiger partial charge in [-0.05, 0) is 31.9 Å². The van der Waals surface area contributed by atoms with E-state index in [1.807, 2.05) is 11.8 Å². The first-order chi connectivity index (χ1) is 7.43. The van der Waals surface area contributed by atoms with Gasteiger partial charge in [0.1, 0.15) is 0 Å². The van der Waals surface area contributed by atoms with Crippen molar-refractivity contribution in [1.82, 2.24) is 5.32 Å². The molecule has 2 nitrogen and oxygen atoms in total. The minimum atomic E-state index is -0.107. The molecule has 0 aromatic carbocycles. The molecule has 0 amide bonds. The van der Waals surface area contributed by atoms with E-state index in [2.05, 4.69) is 39.9 Å². The lowest BCUT2D eigenvalue weighted by Gasteiger charge is -2.31. The maximum Gasteiger partial charge on any atom is 0.0610 e. The van der Waals surface area contributed by atoms with Crippen LogP contribution >= 0.6 is 11.8 Å². The van der Waals surface area contributed by atoms with Crippen LogP contribution in [0.4, 0.5) is 0 Å². The third-order valence-electron chi connectivity index (χ3n) is 2.84. The summed E-state index contributed by atoms with van der Waals surface area (Å²) in [5, 5.41) is 13.6. The second kappa shape index (κ2) is 8.37. The van der Waals surface area contributed by atoms with Crippen molar-refractivity contribution in [1.29, 1.82) is 0 Å². The van der Waals surface area contributed by atoms with Crippen molar-refractivity contribution in [3.8, 4) is 0 Å². The molecule has 0 aliphatic heterocycles. The summed E-state index contributed by atoms with van der Waals surface area (Å²) >= 11 is 2.04. The molecule has 3 heteroatoms. The van der Waals surface area contributed by atoms with E-state index in [-0.39, 0.29) is 12.1 Å². The smallest absolute Gasteiger partial charge is 0.0610 e. The summed E-state index contributed by atoms with van der Waals surface area (Å²) in [6.07, 6.45) is 3.46. The topological polar surface area (TPSA) is 32.3 Å². The summed E-state index contributed by atoms with van der Waals surface area (Å²) in [4.78, 5) is 0. The van der Waals surface area contributed by atoms with E-state index in [0.717, 1.165) is 11.7 Å². The van der Waals surface area contributed by atoms with Crippen LogP contribution in [-0.2, 0) is 0 Å². The molecule has 16 heavy (non-hydrogen) atoms. The highest BCUT2D eigenvalue weighted by atomic mass is 32.2. The van der Waals surface area contributed by atoms with Gasteiger partial charge in [-0.15, -0.1) is 0 Å². The van der Waals surface area contributed by atoms with Gasteiger partial charge in [0.15, 0.2) is 0 Å². The van der Waals surface area contributed by atoms with Crippen molar-refractivity contribution in [2.24, 2.45) is 0 Å². The fraction of sp³-hybridized carbons (Fsp3) is 1.00. The average molecular weight is 247 g/mol. The monoisotopic (exact) mass is 247 g/mol. The maximum absolute atomic E-state index is 9.42. The highest BCUT2D eigenvalue weighted by Crippen LogP contribution is 2.19. The Morgan fingerprint density at radius 3 is 2.38 bits per heavy atom. The number of aliphatic hydroxyl groups excluding tert-OH is 1. The fourth-order valence-corrected chi connectivity index (χ4v) is 2.71. The Hall–Kier alpha value is 0.270. The van der Waals surface area contributed by atoms with E-state index >= 15 is 0 Å². The van der Waals surface area contributed by atoms with Crippen LogP contribution in [0.15, 0.2) is 0 Å². The van der Waals surface area contributed by atoms with Gasteiger partial charge in [-0.1, -0.05) is 27.7 Å². The molecule has 0 aliphatic carbocycles. The Morgan fingerprint density at radius 2 is 1.94 bits per heavy atom. The van der Waals surface area contributed by atoms with Crippen molar-refractivity contribution in [3.63, 3.8) is 0 Å².